The van der Waals surface area contributed by atoms with Crippen molar-refractivity contribution >= 4 is 17.2 Å². The van der Waals surface area contributed by atoms with E-state index < -0.39 is 0 Å². The summed E-state index contributed by atoms with van der Waals surface area (Å²) in [5, 5.41) is 3.79. The second-order valence-corrected chi connectivity index (χ2v) is 9.43. The van der Waals surface area contributed by atoms with Crippen LogP contribution in [-0.2, 0) is 0 Å². The maximum Gasteiger partial charge on any atom is 0.139 e. The SMILES string of the molecule is CN(C)c1ccc(-c2nc3ccccn3c2NC(C)(C)CC(C)(C)C)cc1. The van der Waals surface area contributed by atoms with Crippen molar-refractivity contribution in [3.8, 4) is 11.3 Å². The molecule has 0 bridgehead atoms. The lowest BCUT2D eigenvalue weighted by molar-refractivity contribution is 0.302. The molecule has 3 rings (SSSR count). The fourth-order valence-electron chi connectivity index (χ4n) is 3.92. The third-order valence-corrected chi connectivity index (χ3v) is 4.62. The van der Waals surface area contributed by atoms with Crippen LogP contribution in [-0.4, -0.2) is 29.0 Å². The fraction of sp³-hybridized carbons (Fsp3) is 0.435. The molecule has 1 aromatic carbocycles. The number of rotatable bonds is 5. The normalized spacial score (nSPS) is 12.4. The Kier molecular flexibility index (Phi) is 4.94. The summed E-state index contributed by atoms with van der Waals surface area (Å²) >= 11 is 0. The summed E-state index contributed by atoms with van der Waals surface area (Å²) in [5.74, 6) is 1.05. The first-order valence-electron chi connectivity index (χ1n) is 9.59. The number of fused-ring (bicyclic) bond motifs is 1. The number of benzene rings is 1. The molecule has 0 saturated heterocycles. The predicted octanol–water partition coefficient (Wildman–Crippen LogP) is 5.69. The summed E-state index contributed by atoms with van der Waals surface area (Å²) in [4.78, 5) is 7.04. The van der Waals surface area contributed by atoms with Gasteiger partial charge in [0.25, 0.3) is 0 Å². The van der Waals surface area contributed by atoms with Gasteiger partial charge in [-0.25, -0.2) is 4.98 Å². The van der Waals surface area contributed by atoms with E-state index in [0.717, 1.165) is 29.1 Å². The Morgan fingerprint density at radius 2 is 1.63 bits per heavy atom. The highest BCUT2D eigenvalue weighted by molar-refractivity contribution is 5.77. The van der Waals surface area contributed by atoms with Gasteiger partial charge in [-0.05, 0) is 49.9 Å². The van der Waals surface area contributed by atoms with E-state index >= 15 is 0 Å². The zero-order valence-electron chi connectivity index (χ0n) is 17.7. The lowest BCUT2D eigenvalue weighted by Crippen LogP contribution is -2.36. The van der Waals surface area contributed by atoms with Crippen molar-refractivity contribution in [1.29, 1.82) is 0 Å². The van der Waals surface area contributed by atoms with Gasteiger partial charge in [0.05, 0.1) is 0 Å². The van der Waals surface area contributed by atoms with Gasteiger partial charge in [0, 0.05) is 37.1 Å². The number of anilines is 2. The molecule has 0 aliphatic rings. The van der Waals surface area contributed by atoms with Crippen LogP contribution in [0.2, 0.25) is 0 Å². The van der Waals surface area contributed by atoms with Crippen LogP contribution >= 0.6 is 0 Å². The van der Waals surface area contributed by atoms with Gasteiger partial charge < -0.3 is 10.2 Å². The van der Waals surface area contributed by atoms with Crippen molar-refractivity contribution in [3.05, 3.63) is 48.7 Å². The van der Waals surface area contributed by atoms with Crippen LogP contribution in [0.3, 0.4) is 0 Å². The average Bonchev–Trinajstić information content (AvgIpc) is 2.91. The minimum atomic E-state index is -0.0532. The zero-order valence-corrected chi connectivity index (χ0v) is 17.7. The van der Waals surface area contributed by atoms with E-state index in [0.29, 0.717) is 0 Å². The van der Waals surface area contributed by atoms with Crippen LogP contribution in [0.15, 0.2) is 48.7 Å². The van der Waals surface area contributed by atoms with Crippen molar-refractivity contribution in [2.75, 3.05) is 24.3 Å². The Bertz CT molecular complexity index is 912. The second kappa shape index (κ2) is 6.91. The molecule has 0 saturated carbocycles. The minimum Gasteiger partial charge on any atom is -0.378 e. The fourth-order valence-corrected chi connectivity index (χ4v) is 3.92. The number of aromatic nitrogens is 2. The summed E-state index contributed by atoms with van der Waals surface area (Å²) in [6, 6.07) is 14.7. The maximum atomic E-state index is 4.92. The summed E-state index contributed by atoms with van der Waals surface area (Å²) < 4.78 is 2.15. The molecule has 2 heterocycles. The number of nitrogens with one attached hydrogen (secondary N) is 1. The molecular formula is C23H32N4. The first-order valence-corrected chi connectivity index (χ1v) is 9.59. The maximum absolute atomic E-state index is 4.92. The molecular weight excluding hydrogens is 332 g/mol. The number of nitrogens with zero attached hydrogens (tertiary/aromatic N) is 3. The van der Waals surface area contributed by atoms with Crippen molar-refractivity contribution < 1.29 is 0 Å². The molecule has 0 unspecified atom stereocenters. The van der Waals surface area contributed by atoms with E-state index in [4.69, 9.17) is 4.98 Å². The lowest BCUT2D eigenvalue weighted by Gasteiger charge is -2.34. The minimum absolute atomic E-state index is 0.0532. The lowest BCUT2D eigenvalue weighted by atomic mass is 9.82. The highest BCUT2D eigenvalue weighted by Gasteiger charge is 2.28. The Hall–Kier alpha value is -2.49. The molecule has 0 atom stereocenters. The standard InChI is InChI=1S/C23H32N4/c1-22(2,3)16-23(4,5)25-21-20(24-19-10-8-9-15-27(19)21)17-11-13-18(14-12-17)26(6)7/h8-15,25H,16H2,1-7H3. The largest absolute Gasteiger partial charge is 0.378 e. The monoisotopic (exact) mass is 364 g/mol. The molecule has 0 spiro atoms. The second-order valence-electron chi connectivity index (χ2n) is 9.43. The molecule has 0 aliphatic carbocycles. The molecule has 144 valence electrons. The zero-order chi connectivity index (χ0) is 19.8. The van der Waals surface area contributed by atoms with E-state index in [1.165, 1.54) is 5.69 Å². The van der Waals surface area contributed by atoms with Crippen LogP contribution in [0, 0.1) is 5.41 Å². The van der Waals surface area contributed by atoms with Gasteiger partial charge in [-0.2, -0.15) is 0 Å². The van der Waals surface area contributed by atoms with Gasteiger partial charge in [-0.15, -0.1) is 0 Å². The Labute approximate surface area is 163 Å². The van der Waals surface area contributed by atoms with E-state index in [1.54, 1.807) is 0 Å². The van der Waals surface area contributed by atoms with E-state index in [-0.39, 0.29) is 11.0 Å². The topological polar surface area (TPSA) is 32.6 Å². The molecule has 27 heavy (non-hydrogen) atoms. The molecule has 0 amide bonds. The van der Waals surface area contributed by atoms with E-state index in [1.807, 2.05) is 6.07 Å². The highest BCUT2D eigenvalue weighted by atomic mass is 15.2. The quantitative estimate of drug-likeness (QED) is 0.631. The first kappa shape index (κ1) is 19.3. The summed E-state index contributed by atoms with van der Waals surface area (Å²) in [5.41, 5.74) is 4.45. The van der Waals surface area contributed by atoms with Crippen molar-refractivity contribution in [1.82, 2.24) is 9.38 Å². The van der Waals surface area contributed by atoms with Crippen molar-refractivity contribution in [2.45, 2.75) is 46.6 Å². The molecule has 4 heteroatoms. The van der Waals surface area contributed by atoms with Crippen molar-refractivity contribution in [2.24, 2.45) is 5.41 Å². The number of hydrogen-bond acceptors (Lipinski definition) is 3. The Morgan fingerprint density at radius 3 is 2.22 bits per heavy atom. The van der Waals surface area contributed by atoms with Crippen LogP contribution in [0.1, 0.15) is 41.0 Å². The van der Waals surface area contributed by atoms with Gasteiger partial charge in [0.1, 0.15) is 17.2 Å². The Balaban J connectivity index is 2.07. The van der Waals surface area contributed by atoms with Crippen LogP contribution in [0.5, 0.6) is 0 Å². The highest BCUT2D eigenvalue weighted by Crippen LogP contribution is 2.35. The molecule has 0 radical (unpaired) electrons. The van der Waals surface area contributed by atoms with Gasteiger partial charge in [-0.1, -0.05) is 39.0 Å². The van der Waals surface area contributed by atoms with Crippen LogP contribution in [0.4, 0.5) is 11.5 Å². The Morgan fingerprint density at radius 1 is 0.963 bits per heavy atom. The smallest absolute Gasteiger partial charge is 0.139 e. The summed E-state index contributed by atoms with van der Waals surface area (Å²) in [6.45, 7) is 11.4. The number of hydrogen-bond donors (Lipinski definition) is 1. The van der Waals surface area contributed by atoms with Crippen LogP contribution < -0.4 is 10.2 Å². The third-order valence-electron chi connectivity index (χ3n) is 4.62. The molecule has 0 aliphatic heterocycles. The van der Waals surface area contributed by atoms with Gasteiger partial charge in [-0.3, -0.25) is 4.40 Å². The summed E-state index contributed by atoms with van der Waals surface area (Å²) in [7, 11) is 4.11. The summed E-state index contributed by atoms with van der Waals surface area (Å²) in [6.07, 6.45) is 3.13. The number of pyridine rings is 1. The van der Waals surface area contributed by atoms with Gasteiger partial charge >= 0.3 is 0 Å². The predicted molar refractivity (Wildman–Crippen MR) is 117 cm³/mol. The first-order chi connectivity index (χ1) is 12.6. The molecule has 3 aromatic rings. The van der Waals surface area contributed by atoms with Gasteiger partial charge in [0.15, 0.2) is 0 Å². The molecule has 4 nitrogen and oxygen atoms in total. The third kappa shape index (κ3) is 4.44. The van der Waals surface area contributed by atoms with Crippen molar-refractivity contribution in [3.63, 3.8) is 0 Å². The molecule has 2 aromatic heterocycles. The average molecular weight is 365 g/mol. The van der Waals surface area contributed by atoms with E-state index in [2.05, 4.69) is 106 Å². The van der Waals surface area contributed by atoms with Crippen LogP contribution in [0.25, 0.3) is 16.9 Å². The molecule has 1 N–H and O–H groups in total. The van der Waals surface area contributed by atoms with Gasteiger partial charge in [0.2, 0.25) is 0 Å². The number of imidazole rings is 1. The molecule has 0 fully saturated rings. The van der Waals surface area contributed by atoms with E-state index in [9.17, 15) is 0 Å².